The molecular weight excluding hydrogens is 306 g/mol. The van der Waals surface area contributed by atoms with Gasteiger partial charge in [0.2, 0.25) is 0 Å². The first-order valence-corrected chi connectivity index (χ1v) is 7.81. The first kappa shape index (κ1) is 13.4. The zero-order chi connectivity index (χ0) is 13.3. The van der Waals surface area contributed by atoms with Gasteiger partial charge in [0.05, 0.1) is 6.61 Å². The maximum Gasteiger partial charge on any atom is 0.134 e. The largest absolute Gasteiger partial charge is 0.484 e. The van der Waals surface area contributed by atoms with Crippen molar-refractivity contribution >= 4 is 15.9 Å². The Morgan fingerprint density at radius 1 is 1.47 bits per heavy atom. The van der Waals surface area contributed by atoms with Crippen LogP contribution in [-0.4, -0.2) is 25.4 Å². The molecule has 1 aromatic carbocycles. The predicted octanol–water partition coefficient (Wildman–Crippen LogP) is 3.43. The molecule has 0 bridgehead atoms. The third-order valence-corrected chi connectivity index (χ3v) is 4.48. The van der Waals surface area contributed by atoms with Gasteiger partial charge in [0.25, 0.3) is 0 Å². The second-order valence-electron chi connectivity index (χ2n) is 5.44. The van der Waals surface area contributed by atoms with Crippen LogP contribution in [0.4, 0.5) is 0 Å². The summed E-state index contributed by atoms with van der Waals surface area (Å²) >= 11 is 3.53. The van der Waals surface area contributed by atoms with Crippen molar-refractivity contribution in [2.75, 3.05) is 19.8 Å². The SMILES string of the molecule is CCNC1CC2(CCCOC2)Oc2cc(Br)ccc21. The molecule has 2 atom stereocenters. The highest BCUT2D eigenvalue weighted by Crippen LogP contribution is 2.43. The molecule has 1 aromatic rings. The van der Waals surface area contributed by atoms with Crippen LogP contribution in [0.1, 0.15) is 37.8 Å². The van der Waals surface area contributed by atoms with Crippen LogP contribution < -0.4 is 10.1 Å². The lowest BCUT2D eigenvalue weighted by atomic mass is 9.83. The molecule has 4 heteroatoms. The molecule has 1 spiro atoms. The number of benzene rings is 1. The summed E-state index contributed by atoms with van der Waals surface area (Å²) in [6, 6.07) is 6.68. The average Bonchev–Trinajstić information content (AvgIpc) is 2.39. The highest BCUT2D eigenvalue weighted by molar-refractivity contribution is 9.10. The molecule has 1 N–H and O–H groups in total. The van der Waals surface area contributed by atoms with Crippen LogP contribution in [0.3, 0.4) is 0 Å². The maximum absolute atomic E-state index is 6.32. The summed E-state index contributed by atoms with van der Waals surface area (Å²) in [4.78, 5) is 0. The van der Waals surface area contributed by atoms with Crippen molar-refractivity contribution in [3.05, 3.63) is 28.2 Å². The molecule has 0 aromatic heterocycles. The van der Waals surface area contributed by atoms with Gasteiger partial charge in [0.1, 0.15) is 11.4 Å². The van der Waals surface area contributed by atoms with Crippen LogP contribution in [-0.2, 0) is 4.74 Å². The van der Waals surface area contributed by atoms with Gasteiger partial charge in [-0.3, -0.25) is 0 Å². The Morgan fingerprint density at radius 2 is 2.37 bits per heavy atom. The van der Waals surface area contributed by atoms with E-state index in [9.17, 15) is 0 Å². The van der Waals surface area contributed by atoms with E-state index in [2.05, 4.69) is 46.4 Å². The van der Waals surface area contributed by atoms with Crippen LogP contribution >= 0.6 is 15.9 Å². The molecule has 0 radical (unpaired) electrons. The van der Waals surface area contributed by atoms with Gasteiger partial charge in [-0.1, -0.05) is 28.9 Å². The molecule has 104 valence electrons. The molecule has 0 saturated carbocycles. The molecule has 2 aliphatic rings. The van der Waals surface area contributed by atoms with Crippen LogP contribution in [0, 0.1) is 0 Å². The molecule has 2 aliphatic heterocycles. The molecular formula is C15H20BrNO2. The number of ether oxygens (including phenoxy) is 2. The molecule has 1 fully saturated rings. The summed E-state index contributed by atoms with van der Waals surface area (Å²) in [5, 5.41) is 3.58. The van der Waals surface area contributed by atoms with E-state index in [0.717, 1.165) is 42.6 Å². The molecule has 2 heterocycles. The summed E-state index contributed by atoms with van der Waals surface area (Å²) in [7, 11) is 0. The highest BCUT2D eigenvalue weighted by atomic mass is 79.9. The number of hydrogen-bond donors (Lipinski definition) is 1. The highest BCUT2D eigenvalue weighted by Gasteiger charge is 2.42. The van der Waals surface area contributed by atoms with Crippen molar-refractivity contribution in [3.8, 4) is 5.75 Å². The van der Waals surface area contributed by atoms with Gasteiger partial charge in [-0.15, -0.1) is 0 Å². The van der Waals surface area contributed by atoms with Gasteiger partial charge in [0.15, 0.2) is 0 Å². The van der Waals surface area contributed by atoms with Crippen molar-refractivity contribution in [2.24, 2.45) is 0 Å². The second kappa shape index (κ2) is 5.43. The number of nitrogens with one attached hydrogen (secondary N) is 1. The zero-order valence-corrected chi connectivity index (χ0v) is 12.8. The summed E-state index contributed by atoms with van der Waals surface area (Å²) in [6.45, 7) is 4.69. The third-order valence-electron chi connectivity index (χ3n) is 3.99. The minimum atomic E-state index is -0.140. The second-order valence-corrected chi connectivity index (χ2v) is 6.35. The molecule has 2 unspecified atom stereocenters. The number of rotatable bonds is 2. The van der Waals surface area contributed by atoms with Gasteiger partial charge in [0, 0.05) is 29.1 Å². The van der Waals surface area contributed by atoms with Crippen LogP contribution in [0.25, 0.3) is 0 Å². The van der Waals surface area contributed by atoms with Gasteiger partial charge < -0.3 is 14.8 Å². The van der Waals surface area contributed by atoms with Crippen molar-refractivity contribution in [1.82, 2.24) is 5.32 Å². The number of hydrogen-bond acceptors (Lipinski definition) is 3. The van der Waals surface area contributed by atoms with Crippen LogP contribution in [0.2, 0.25) is 0 Å². The minimum absolute atomic E-state index is 0.140. The molecule has 19 heavy (non-hydrogen) atoms. The van der Waals surface area contributed by atoms with Crippen molar-refractivity contribution < 1.29 is 9.47 Å². The van der Waals surface area contributed by atoms with E-state index in [1.165, 1.54) is 5.56 Å². The van der Waals surface area contributed by atoms with Crippen molar-refractivity contribution in [2.45, 2.75) is 37.8 Å². The summed E-state index contributed by atoms with van der Waals surface area (Å²) < 4.78 is 13.1. The summed E-state index contributed by atoms with van der Waals surface area (Å²) in [6.07, 6.45) is 3.17. The van der Waals surface area contributed by atoms with Crippen LogP contribution in [0.5, 0.6) is 5.75 Å². The van der Waals surface area contributed by atoms with E-state index in [0.29, 0.717) is 12.6 Å². The van der Waals surface area contributed by atoms with Gasteiger partial charge >= 0.3 is 0 Å². The van der Waals surface area contributed by atoms with E-state index in [-0.39, 0.29) is 5.60 Å². The van der Waals surface area contributed by atoms with Crippen molar-refractivity contribution in [3.63, 3.8) is 0 Å². The Labute approximate surface area is 122 Å². The third kappa shape index (κ3) is 2.67. The molecule has 1 saturated heterocycles. The first-order valence-electron chi connectivity index (χ1n) is 7.02. The molecule has 0 amide bonds. The molecule has 3 rings (SSSR count). The summed E-state index contributed by atoms with van der Waals surface area (Å²) in [5.74, 6) is 0.997. The van der Waals surface area contributed by atoms with E-state index >= 15 is 0 Å². The van der Waals surface area contributed by atoms with Crippen molar-refractivity contribution in [1.29, 1.82) is 0 Å². The van der Waals surface area contributed by atoms with Crippen LogP contribution in [0.15, 0.2) is 22.7 Å². The lowest BCUT2D eigenvalue weighted by molar-refractivity contribution is -0.0855. The lowest BCUT2D eigenvalue weighted by Crippen LogP contribution is -2.49. The molecule has 3 nitrogen and oxygen atoms in total. The minimum Gasteiger partial charge on any atom is -0.484 e. The number of fused-ring (bicyclic) bond motifs is 1. The zero-order valence-electron chi connectivity index (χ0n) is 11.2. The van der Waals surface area contributed by atoms with Gasteiger partial charge in [-0.2, -0.15) is 0 Å². The maximum atomic E-state index is 6.32. The average molecular weight is 326 g/mol. The lowest BCUT2D eigenvalue weighted by Gasteiger charge is -2.44. The normalized spacial score (nSPS) is 29.9. The summed E-state index contributed by atoms with van der Waals surface area (Å²) in [5.41, 5.74) is 1.13. The fourth-order valence-corrected chi connectivity index (χ4v) is 3.48. The number of halogens is 1. The van der Waals surface area contributed by atoms with E-state index in [1.54, 1.807) is 0 Å². The Hall–Kier alpha value is -0.580. The Morgan fingerprint density at radius 3 is 3.11 bits per heavy atom. The quantitative estimate of drug-likeness (QED) is 0.903. The first-order chi connectivity index (χ1) is 9.22. The van der Waals surface area contributed by atoms with E-state index in [4.69, 9.17) is 9.47 Å². The van der Waals surface area contributed by atoms with Gasteiger partial charge in [-0.05, 0) is 31.5 Å². The predicted molar refractivity (Wildman–Crippen MR) is 78.6 cm³/mol. The van der Waals surface area contributed by atoms with E-state index < -0.39 is 0 Å². The fraction of sp³-hybridized carbons (Fsp3) is 0.600. The Bertz CT molecular complexity index is 457. The standard InChI is InChI=1S/C15H20BrNO2/c1-2-17-13-9-15(6-3-7-18-10-15)19-14-8-11(16)4-5-12(13)14/h4-5,8,13,17H,2-3,6-7,9-10H2,1H3. The topological polar surface area (TPSA) is 30.5 Å². The monoisotopic (exact) mass is 325 g/mol. The Balaban J connectivity index is 1.94. The molecule has 0 aliphatic carbocycles. The Kier molecular flexibility index (Phi) is 3.83. The van der Waals surface area contributed by atoms with Gasteiger partial charge in [-0.25, -0.2) is 0 Å². The van der Waals surface area contributed by atoms with E-state index in [1.807, 2.05) is 0 Å². The fourth-order valence-electron chi connectivity index (χ4n) is 3.14. The smallest absolute Gasteiger partial charge is 0.134 e.